The molecule has 1 aromatic rings. The van der Waals surface area contributed by atoms with Crippen LogP contribution < -0.4 is 5.73 Å². The van der Waals surface area contributed by atoms with Gasteiger partial charge >= 0.3 is 6.18 Å². The summed E-state index contributed by atoms with van der Waals surface area (Å²) in [4.78, 5) is 15.3. The molecule has 0 aliphatic carbocycles. The van der Waals surface area contributed by atoms with E-state index in [1.54, 1.807) is 0 Å². The third-order valence-corrected chi connectivity index (χ3v) is 3.61. The van der Waals surface area contributed by atoms with Crippen LogP contribution in [0.2, 0.25) is 0 Å². The monoisotopic (exact) mass is 300 g/mol. The topological polar surface area (TPSA) is 49.6 Å². The van der Waals surface area contributed by atoms with Crippen LogP contribution in [0.1, 0.15) is 21.5 Å². The fraction of sp³-hybridized carbons (Fsp3) is 0.500. The van der Waals surface area contributed by atoms with E-state index in [9.17, 15) is 18.0 Å². The molecule has 1 aliphatic heterocycles. The van der Waals surface area contributed by atoms with E-state index < -0.39 is 23.2 Å². The minimum Gasteiger partial charge on any atom is -0.366 e. The number of nitrogens with two attached hydrogens (primary N) is 1. The van der Waals surface area contributed by atoms with Gasteiger partial charge in [0.2, 0.25) is 5.91 Å². The number of rotatable bonds is 3. The van der Waals surface area contributed by atoms with E-state index in [1.807, 2.05) is 11.9 Å². The van der Waals surface area contributed by atoms with E-state index in [0.29, 0.717) is 13.1 Å². The Morgan fingerprint density at radius 3 is 2.48 bits per heavy atom. The first kappa shape index (κ1) is 15.8. The van der Waals surface area contributed by atoms with Gasteiger partial charge < -0.3 is 10.6 Å². The SMILES string of the molecule is CN1CCN(Cc2[c]ccc(C(N)=O)c2C(F)(F)F)CC1. The summed E-state index contributed by atoms with van der Waals surface area (Å²) in [6.07, 6.45) is -4.62. The van der Waals surface area contributed by atoms with Crippen molar-refractivity contribution in [3.63, 3.8) is 0 Å². The number of piperazine rings is 1. The Morgan fingerprint density at radius 2 is 1.95 bits per heavy atom. The van der Waals surface area contributed by atoms with Gasteiger partial charge in [0.05, 0.1) is 11.1 Å². The summed E-state index contributed by atoms with van der Waals surface area (Å²) < 4.78 is 39.7. The maximum atomic E-state index is 13.2. The van der Waals surface area contributed by atoms with E-state index in [0.717, 1.165) is 19.2 Å². The van der Waals surface area contributed by atoms with Crippen molar-refractivity contribution < 1.29 is 18.0 Å². The Bertz CT molecular complexity index is 523. The Hall–Kier alpha value is -1.60. The number of carbonyl (C=O) groups excluding carboxylic acids is 1. The second kappa shape index (κ2) is 6.03. The number of amides is 1. The number of alkyl halides is 3. The van der Waals surface area contributed by atoms with Gasteiger partial charge in [-0.1, -0.05) is 6.07 Å². The zero-order valence-corrected chi connectivity index (χ0v) is 11.7. The van der Waals surface area contributed by atoms with Crippen molar-refractivity contribution in [2.75, 3.05) is 33.2 Å². The summed E-state index contributed by atoms with van der Waals surface area (Å²) in [6, 6.07) is 5.00. The molecule has 7 heteroatoms. The van der Waals surface area contributed by atoms with E-state index in [1.165, 1.54) is 6.07 Å². The summed E-state index contributed by atoms with van der Waals surface area (Å²) in [5, 5.41) is 0. The van der Waals surface area contributed by atoms with E-state index in [-0.39, 0.29) is 12.1 Å². The number of nitrogens with zero attached hydrogens (tertiary/aromatic N) is 2. The molecule has 0 saturated carbocycles. The molecule has 2 N–H and O–H groups in total. The van der Waals surface area contributed by atoms with E-state index >= 15 is 0 Å². The third-order valence-electron chi connectivity index (χ3n) is 3.61. The zero-order valence-electron chi connectivity index (χ0n) is 11.7. The number of carbonyl (C=O) groups is 1. The highest BCUT2D eigenvalue weighted by atomic mass is 19.4. The summed E-state index contributed by atoms with van der Waals surface area (Å²) in [5.74, 6) is -1.07. The average Bonchev–Trinajstić information content (AvgIpc) is 2.40. The van der Waals surface area contributed by atoms with Crippen molar-refractivity contribution >= 4 is 5.91 Å². The first-order valence-corrected chi connectivity index (χ1v) is 6.60. The highest BCUT2D eigenvalue weighted by Crippen LogP contribution is 2.35. The van der Waals surface area contributed by atoms with Gasteiger partial charge in [-0.3, -0.25) is 9.69 Å². The molecule has 0 aromatic heterocycles. The molecule has 1 saturated heterocycles. The van der Waals surface area contributed by atoms with Gasteiger partial charge in [-0.05, 0) is 24.7 Å². The smallest absolute Gasteiger partial charge is 0.366 e. The van der Waals surface area contributed by atoms with Crippen molar-refractivity contribution in [3.8, 4) is 0 Å². The van der Waals surface area contributed by atoms with Crippen LogP contribution in [-0.2, 0) is 12.7 Å². The molecule has 4 nitrogen and oxygen atoms in total. The minimum atomic E-state index is -4.62. The van der Waals surface area contributed by atoms with Crippen LogP contribution in [0.15, 0.2) is 12.1 Å². The highest BCUT2D eigenvalue weighted by molar-refractivity contribution is 5.94. The number of benzene rings is 1. The van der Waals surface area contributed by atoms with Gasteiger partial charge in [0, 0.05) is 32.7 Å². The molecular weight excluding hydrogens is 283 g/mol. The normalized spacial score (nSPS) is 17.9. The number of hydrogen-bond acceptors (Lipinski definition) is 3. The van der Waals surface area contributed by atoms with Gasteiger partial charge in [-0.2, -0.15) is 13.2 Å². The van der Waals surface area contributed by atoms with Crippen LogP contribution in [0, 0.1) is 6.07 Å². The van der Waals surface area contributed by atoms with Crippen LogP contribution >= 0.6 is 0 Å². The lowest BCUT2D eigenvalue weighted by Crippen LogP contribution is -2.44. The van der Waals surface area contributed by atoms with Gasteiger partial charge in [0.25, 0.3) is 0 Å². The highest BCUT2D eigenvalue weighted by Gasteiger charge is 2.37. The van der Waals surface area contributed by atoms with Gasteiger partial charge in [0.15, 0.2) is 0 Å². The standard InChI is InChI=1S/C14H17F3N3O/c1-19-5-7-20(8-6-19)9-10-3-2-4-11(13(18)21)12(10)14(15,16)17/h2,4H,5-9H2,1H3,(H2,18,21). The van der Waals surface area contributed by atoms with Crippen molar-refractivity contribution in [1.82, 2.24) is 9.80 Å². The molecular formula is C14H17F3N3O. The van der Waals surface area contributed by atoms with Crippen LogP contribution in [0.25, 0.3) is 0 Å². The van der Waals surface area contributed by atoms with Crippen molar-refractivity contribution in [3.05, 3.63) is 34.9 Å². The molecule has 115 valence electrons. The quantitative estimate of drug-likeness (QED) is 0.917. The fourth-order valence-electron chi connectivity index (χ4n) is 2.43. The molecule has 0 spiro atoms. The number of primary amides is 1. The zero-order chi connectivity index (χ0) is 15.6. The minimum absolute atomic E-state index is 0.0247. The Kier molecular flexibility index (Phi) is 4.53. The first-order chi connectivity index (χ1) is 9.79. The second-order valence-electron chi connectivity index (χ2n) is 5.19. The molecule has 1 heterocycles. The lowest BCUT2D eigenvalue weighted by Gasteiger charge is -2.33. The van der Waals surface area contributed by atoms with Crippen molar-refractivity contribution in [1.29, 1.82) is 0 Å². The maximum Gasteiger partial charge on any atom is 0.417 e. The van der Waals surface area contributed by atoms with Gasteiger partial charge in [-0.15, -0.1) is 0 Å². The summed E-state index contributed by atoms with van der Waals surface area (Å²) in [5.41, 5.74) is 3.58. The Morgan fingerprint density at radius 1 is 1.33 bits per heavy atom. The maximum absolute atomic E-state index is 13.2. The second-order valence-corrected chi connectivity index (χ2v) is 5.19. The van der Waals surface area contributed by atoms with E-state index in [2.05, 4.69) is 11.0 Å². The predicted octanol–water partition coefficient (Wildman–Crippen LogP) is 1.35. The average molecular weight is 300 g/mol. The molecule has 1 aromatic carbocycles. The van der Waals surface area contributed by atoms with Gasteiger partial charge in [-0.25, -0.2) is 0 Å². The van der Waals surface area contributed by atoms with Crippen molar-refractivity contribution in [2.45, 2.75) is 12.7 Å². The molecule has 0 atom stereocenters. The molecule has 0 bridgehead atoms. The number of likely N-dealkylation sites (N-methyl/N-ethyl adjacent to an activating group) is 1. The molecule has 1 amide bonds. The lowest BCUT2D eigenvalue weighted by molar-refractivity contribution is -0.138. The molecule has 1 fully saturated rings. The summed E-state index contributed by atoms with van der Waals surface area (Å²) in [7, 11) is 1.97. The lowest BCUT2D eigenvalue weighted by atomic mass is 9.99. The molecule has 2 rings (SSSR count). The van der Waals surface area contributed by atoms with Crippen LogP contribution in [0.3, 0.4) is 0 Å². The largest absolute Gasteiger partial charge is 0.417 e. The van der Waals surface area contributed by atoms with Crippen LogP contribution in [0.4, 0.5) is 13.2 Å². The Labute approximate surface area is 121 Å². The molecule has 1 radical (unpaired) electrons. The fourth-order valence-corrected chi connectivity index (χ4v) is 2.43. The summed E-state index contributed by atoms with van der Waals surface area (Å²) >= 11 is 0. The van der Waals surface area contributed by atoms with Crippen LogP contribution in [0.5, 0.6) is 0 Å². The summed E-state index contributed by atoms with van der Waals surface area (Å²) in [6.45, 7) is 3.09. The molecule has 1 aliphatic rings. The number of hydrogen-bond donors (Lipinski definition) is 1. The number of halogens is 3. The van der Waals surface area contributed by atoms with Crippen LogP contribution in [-0.4, -0.2) is 48.9 Å². The molecule has 21 heavy (non-hydrogen) atoms. The Balaban J connectivity index is 2.30. The van der Waals surface area contributed by atoms with Crippen molar-refractivity contribution in [2.24, 2.45) is 5.73 Å². The molecule has 0 unspecified atom stereocenters. The third kappa shape index (κ3) is 3.74. The van der Waals surface area contributed by atoms with E-state index in [4.69, 9.17) is 5.73 Å². The predicted molar refractivity (Wildman–Crippen MR) is 71.6 cm³/mol. The van der Waals surface area contributed by atoms with Gasteiger partial charge in [0.1, 0.15) is 0 Å². The first-order valence-electron chi connectivity index (χ1n) is 6.60.